The molecule has 2 rings (SSSR count). The van der Waals surface area contributed by atoms with Crippen LogP contribution in [0.4, 0.5) is 11.6 Å². The molecule has 1 aromatic rings. The molecule has 0 saturated heterocycles. The second kappa shape index (κ2) is 5.12. The molecule has 1 atom stereocenters. The Morgan fingerprint density at radius 3 is 2.76 bits per heavy atom. The van der Waals surface area contributed by atoms with Crippen LogP contribution in [0.1, 0.15) is 37.1 Å². The summed E-state index contributed by atoms with van der Waals surface area (Å²) in [6.07, 6.45) is 4.50. The van der Waals surface area contributed by atoms with E-state index in [0.717, 1.165) is 23.0 Å². The lowest BCUT2D eigenvalue weighted by molar-refractivity contribution is 0.869. The van der Waals surface area contributed by atoms with E-state index in [1.54, 1.807) is 0 Å². The first-order valence-corrected chi connectivity index (χ1v) is 7.40. The van der Waals surface area contributed by atoms with E-state index >= 15 is 0 Å². The van der Waals surface area contributed by atoms with E-state index < -0.39 is 0 Å². The molecule has 0 aromatic carbocycles. The van der Waals surface area contributed by atoms with Crippen LogP contribution in [0.25, 0.3) is 0 Å². The van der Waals surface area contributed by atoms with Crippen LogP contribution in [-0.4, -0.2) is 28.0 Å². The average Bonchev–Trinajstić information content (AvgIpc) is 3.08. The Kier molecular flexibility index (Phi) is 3.76. The Hall–Kier alpha value is -0.970. The maximum atomic E-state index is 5.94. The lowest BCUT2D eigenvalue weighted by atomic mass is 10.2. The van der Waals surface area contributed by atoms with Gasteiger partial charge in [0, 0.05) is 23.3 Å². The Morgan fingerprint density at radius 2 is 2.18 bits per heavy atom. The number of aromatic nitrogens is 2. The van der Waals surface area contributed by atoms with Gasteiger partial charge in [-0.25, -0.2) is 9.97 Å². The van der Waals surface area contributed by atoms with Gasteiger partial charge in [0.15, 0.2) is 0 Å². The predicted molar refractivity (Wildman–Crippen MR) is 74.6 cm³/mol. The third kappa shape index (κ3) is 3.03. The van der Waals surface area contributed by atoms with E-state index in [-0.39, 0.29) is 0 Å². The third-order valence-corrected chi connectivity index (χ3v) is 3.78. The fraction of sp³-hybridized carbons (Fsp3) is 0.667. The van der Waals surface area contributed by atoms with Gasteiger partial charge in [-0.05, 0) is 32.9 Å². The lowest BCUT2D eigenvalue weighted by Crippen LogP contribution is -2.20. The molecular weight excluding hydrogens is 232 g/mol. The summed E-state index contributed by atoms with van der Waals surface area (Å²) in [4.78, 5) is 8.98. The van der Waals surface area contributed by atoms with Gasteiger partial charge in [-0.3, -0.25) is 0 Å². The SMILES string of the molecule is CSCC(C)Nc1nc(C2CC2)nc(N)c1C. The lowest BCUT2D eigenvalue weighted by Gasteiger charge is -2.16. The van der Waals surface area contributed by atoms with Crippen molar-refractivity contribution in [2.45, 2.75) is 38.6 Å². The maximum absolute atomic E-state index is 5.94. The number of nitrogens with zero attached hydrogens (tertiary/aromatic N) is 2. The van der Waals surface area contributed by atoms with E-state index in [9.17, 15) is 0 Å². The second-order valence-electron chi connectivity index (χ2n) is 4.72. The highest BCUT2D eigenvalue weighted by Gasteiger charge is 2.28. The molecule has 1 heterocycles. The zero-order valence-corrected chi connectivity index (χ0v) is 11.5. The van der Waals surface area contributed by atoms with Crippen LogP contribution in [0.2, 0.25) is 0 Å². The number of rotatable bonds is 5. The van der Waals surface area contributed by atoms with Gasteiger partial charge in [0.1, 0.15) is 17.5 Å². The van der Waals surface area contributed by atoms with Crippen molar-refractivity contribution in [2.75, 3.05) is 23.1 Å². The molecule has 5 heteroatoms. The fourth-order valence-electron chi connectivity index (χ4n) is 1.74. The van der Waals surface area contributed by atoms with Crippen molar-refractivity contribution in [1.29, 1.82) is 0 Å². The molecule has 1 unspecified atom stereocenters. The van der Waals surface area contributed by atoms with Crippen LogP contribution in [0.5, 0.6) is 0 Å². The number of thioether (sulfide) groups is 1. The van der Waals surface area contributed by atoms with E-state index in [1.807, 2.05) is 18.7 Å². The summed E-state index contributed by atoms with van der Waals surface area (Å²) >= 11 is 1.82. The molecule has 1 saturated carbocycles. The fourth-order valence-corrected chi connectivity index (χ4v) is 2.33. The molecule has 0 radical (unpaired) electrons. The van der Waals surface area contributed by atoms with Crippen molar-refractivity contribution in [3.8, 4) is 0 Å². The summed E-state index contributed by atoms with van der Waals surface area (Å²) in [6, 6.07) is 0.394. The standard InChI is InChI=1S/C12H20N4S/c1-7(6-17-3)14-11-8(2)10(13)15-12(16-11)9-4-5-9/h7,9H,4-6H2,1-3H3,(H3,13,14,15,16). The van der Waals surface area contributed by atoms with Crippen molar-refractivity contribution in [2.24, 2.45) is 0 Å². The minimum absolute atomic E-state index is 0.394. The third-order valence-electron chi connectivity index (χ3n) is 2.94. The number of hydrogen-bond acceptors (Lipinski definition) is 5. The number of nitrogens with one attached hydrogen (secondary N) is 1. The van der Waals surface area contributed by atoms with Crippen molar-refractivity contribution in [3.63, 3.8) is 0 Å². The summed E-state index contributed by atoms with van der Waals surface area (Å²) in [5.74, 6) is 4.02. The van der Waals surface area contributed by atoms with Crippen molar-refractivity contribution >= 4 is 23.4 Å². The molecule has 0 aliphatic heterocycles. The largest absolute Gasteiger partial charge is 0.383 e. The quantitative estimate of drug-likeness (QED) is 0.842. The van der Waals surface area contributed by atoms with Crippen molar-refractivity contribution in [3.05, 3.63) is 11.4 Å². The van der Waals surface area contributed by atoms with Crippen LogP contribution in [-0.2, 0) is 0 Å². The zero-order chi connectivity index (χ0) is 12.4. The van der Waals surface area contributed by atoms with Gasteiger partial charge < -0.3 is 11.1 Å². The first-order valence-electron chi connectivity index (χ1n) is 6.01. The first-order chi connectivity index (χ1) is 8.11. The van der Waals surface area contributed by atoms with Gasteiger partial charge in [-0.1, -0.05) is 0 Å². The van der Waals surface area contributed by atoms with Gasteiger partial charge in [-0.2, -0.15) is 11.8 Å². The van der Waals surface area contributed by atoms with Crippen molar-refractivity contribution < 1.29 is 0 Å². The number of nitrogens with two attached hydrogens (primary N) is 1. The number of nitrogen functional groups attached to an aromatic ring is 1. The van der Waals surface area contributed by atoms with Crippen LogP contribution in [0.15, 0.2) is 0 Å². The van der Waals surface area contributed by atoms with E-state index in [1.165, 1.54) is 12.8 Å². The molecule has 17 heavy (non-hydrogen) atoms. The highest BCUT2D eigenvalue weighted by Crippen LogP contribution is 2.39. The molecule has 0 bridgehead atoms. The first kappa shape index (κ1) is 12.5. The smallest absolute Gasteiger partial charge is 0.136 e. The molecule has 0 amide bonds. The minimum atomic E-state index is 0.394. The molecule has 0 spiro atoms. The molecule has 1 fully saturated rings. The zero-order valence-electron chi connectivity index (χ0n) is 10.7. The average molecular weight is 252 g/mol. The van der Waals surface area contributed by atoms with Crippen molar-refractivity contribution in [1.82, 2.24) is 9.97 Å². The molecule has 4 nitrogen and oxygen atoms in total. The van der Waals surface area contributed by atoms with Gasteiger partial charge in [0.2, 0.25) is 0 Å². The topological polar surface area (TPSA) is 63.8 Å². The van der Waals surface area contributed by atoms with Crippen LogP contribution < -0.4 is 11.1 Å². The van der Waals surface area contributed by atoms with E-state index in [2.05, 4.69) is 28.5 Å². The molecule has 3 N–H and O–H groups in total. The molecule has 1 aliphatic carbocycles. The van der Waals surface area contributed by atoms with Gasteiger partial charge in [0.25, 0.3) is 0 Å². The van der Waals surface area contributed by atoms with Gasteiger partial charge in [0.05, 0.1) is 0 Å². The monoisotopic (exact) mass is 252 g/mol. The Labute approximate surface area is 107 Å². The summed E-state index contributed by atoms with van der Waals surface area (Å²) in [6.45, 7) is 4.13. The predicted octanol–water partition coefficient (Wildman–Crippen LogP) is 2.41. The Balaban J connectivity index is 2.19. The van der Waals surface area contributed by atoms with E-state index in [0.29, 0.717) is 17.8 Å². The van der Waals surface area contributed by atoms with Crippen LogP contribution >= 0.6 is 11.8 Å². The highest BCUT2D eigenvalue weighted by molar-refractivity contribution is 7.98. The Bertz CT molecular complexity index is 404. The molecule has 1 aromatic heterocycles. The van der Waals surface area contributed by atoms with E-state index in [4.69, 9.17) is 5.73 Å². The normalized spacial score (nSPS) is 16.9. The number of anilines is 2. The highest BCUT2D eigenvalue weighted by atomic mass is 32.2. The van der Waals surface area contributed by atoms with Gasteiger partial charge >= 0.3 is 0 Å². The van der Waals surface area contributed by atoms with Gasteiger partial charge in [-0.15, -0.1) is 0 Å². The molecule has 94 valence electrons. The summed E-state index contributed by atoms with van der Waals surface area (Å²) in [5, 5.41) is 3.42. The van der Waals surface area contributed by atoms with Crippen LogP contribution in [0, 0.1) is 6.92 Å². The molecule has 1 aliphatic rings. The number of hydrogen-bond donors (Lipinski definition) is 2. The summed E-state index contributed by atoms with van der Waals surface area (Å²) in [7, 11) is 0. The van der Waals surface area contributed by atoms with Crippen LogP contribution in [0.3, 0.4) is 0 Å². The minimum Gasteiger partial charge on any atom is -0.383 e. The Morgan fingerprint density at radius 1 is 1.47 bits per heavy atom. The summed E-state index contributed by atoms with van der Waals surface area (Å²) in [5.41, 5.74) is 6.90. The maximum Gasteiger partial charge on any atom is 0.136 e. The second-order valence-corrected chi connectivity index (χ2v) is 5.63. The molecular formula is C12H20N4S. The summed E-state index contributed by atoms with van der Waals surface area (Å²) < 4.78 is 0.